The highest BCUT2D eigenvalue weighted by Crippen LogP contribution is 2.14. The molecule has 0 aliphatic rings. The van der Waals surface area contributed by atoms with Crippen molar-refractivity contribution in [3.05, 3.63) is 95.0 Å². The zero-order chi connectivity index (χ0) is 20.9. The fourth-order valence-corrected chi connectivity index (χ4v) is 3.45. The molecule has 3 aromatic rings. The van der Waals surface area contributed by atoms with Gasteiger partial charge in [0, 0.05) is 16.3 Å². The minimum absolute atomic E-state index is 0.136. The van der Waals surface area contributed by atoms with Crippen LogP contribution in [0.5, 0.6) is 0 Å². The molecule has 148 valence electrons. The number of hydrazone groups is 1. The number of nitrogens with zero attached hydrogens (tertiary/aromatic N) is 1. The van der Waals surface area contributed by atoms with Crippen molar-refractivity contribution in [2.24, 2.45) is 5.10 Å². The first-order valence-corrected chi connectivity index (χ1v) is 10.5. The summed E-state index contributed by atoms with van der Waals surface area (Å²) in [5.41, 5.74) is 2.29. The number of nitrogens with one attached hydrogen (secondary N) is 2. The van der Waals surface area contributed by atoms with Crippen LogP contribution in [0.2, 0.25) is 5.02 Å². The van der Waals surface area contributed by atoms with Gasteiger partial charge in [-0.15, -0.1) is 0 Å². The van der Waals surface area contributed by atoms with Crippen molar-refractivity contribution in [1.82, 2.24) is 4.83 Å². The fourth-order valence-electron chi connectivity index (χ4n) is 2.44. The van der Waals surface area contributed by atoms with Crippen molar-refractivity contribution in [3.63, 3.8) is 0 Å². The van der Waals surface area contributed by atoms with Crippen LogP contribution in [0.1, 0.15) is 22.8 Å². The summed E-state index contributed by atoms with van der Waals surface area (Å²) in [5.74, 6) is -0.254. The molecule has 0 radical (unpaired) electrons. The quantitative estimate of drug-likeness (QED) is 0.454. The van der Waals surface area contributed by atoms with E-state index in [-0.39, 0.29) is 10.8 Å². The molecule has 29 heavy (non-hydrogen) atoms. The van der Waals surface area contributed by atoms with E-state index in [0.29, 0.717) is 27.5 Å². The van der Waals surface area contributed by atoms with Gasteiger partial charge in [0.15, 0.2) is 0 Å². The van der Waals surface area contributed by atoms with E-state index in [1.165, 1.54) is 12.1 Å². The zero-order valence-corrected chi connectivity index (χ0v) is 17.0. The van der Waals surface area contributed by atoms with Gasteiger partial charge in [0.25, 0.3) is 15.9 Å². The Bertz CT molecular complexity index is 1130. The maximum atomic E-state index is 12.2. The smallest absolute Gasteiger partial charge is 0.276 e. The molecule has 0 fully saturated rings. The summed E-state index contributed by atoms with van der Waals surface area (Å²) in [6.45, 7) is 1.69. The molecule has 3 aromatic carbocycles. The summed E-state index contributed by atoms with van der Waals surface area (Å²) in [7, 11) is -3.73. The monoisotopic (exact) mass is 427 g/mol. The highest BCUT2D eigenvalue weighted by Gasteiger charge is 2.12. The Kier molecular flexibility index (Phi) is 6.31. The number of sulfonamides is 1. The van der Waals surface area contributed by atoms with Crippen LogP contribution in [-0.4, -0.2) is 20.0 Å². The van der Waals surface area contributed by atoms with Crippen molar-refractivity contribution < 1.29 is 13.2 Å². The van der Waals surface area contributed by atoms with Crippen molar-refractivity contribution in [2.75, 3.05) is 5.32 Å². The molecule has 0 aliphatic heterocycles. The van der Waals surface area contributed by atoms with Gasteiger partial charge in [-0.05, 0) is 61.0 Å². The Morgan fingerprint density at radius 3 is 2.07 bits per heavy atom. The molecule has 8 heteroatoms. The molecule has 2 N–H and O–H groups in total. The molecule has 1 amide bonds. The van der Waals surface area contributed by atoms with E-state index in [2.05, 4.69) is 15.2 Å². The van der Waals surface area contributed by atoms with Gasteiger partial charge < -0.3 is 5.32 Å². The van der Waals surface area contributed by atoms with Gasteiger partial charge in [-0.3, -0.25) is 4.79 Å². The molecule has 0 heterocycles. The van der Waals surface area contributed by atoms with Crippen LogP contribution in [0.3, 0.4) is 0 Å². The van der Waals surface area contributed by atoms with Crippen LogP contribution in [0.25, 0.3) is 0 Å². The van der Waals surface area contributed by atoms with Gasteiger partial charge in [0.05, 0.1) is 10.6 Å². The Labute approximate surface area is 174 Å². The number of benzene rings is 3. The van der Waals surface area contributed by atoms with E-state index in [4.69, 9.17) is 11.6 Å². The predicted octanol–water partition coefficient (Wildman–Crippen LogP) is 4.29. The molecule has 0 unspecified atom stereocenters. The van der Waals surface area contributed by atoms with E-state index in [9.17, 15) is 13.2 Å². The second-order valence-electron chi connectivity index (χ2n) is 6.14. The van der Waals surface area contributed by atoms with Crippen LogP contribution >= 0.6 is 11.6 Å². The van der Waals surface area contributed by atoms with Gasteiger partial charge in [-0.1, -0.05) is 41.9 Å². The summed E-state index contributed by atoms with van der Waals surface area (Å²) >= 11 is 5.83. The zero-order valence-electron chi connectivity index (χ0n) is 15.5. The summed E-state index contributed by atoms with van der Waals surface area (Å²) < 4.78 is 24.5. The van der Waals surface area contributed by atoms with Gasteiger partial charge in [-0.25, -0.2) is 0 Å². The average molecular weight is 428 g/mol. The molecule has 3 rings (SSSR count). The van der Waals surface area contributed by atoms with Gasteiger partial charge >= 0.3 is 0 Å². The number of hydrogen-bond acceptors (Lipinski definition) is 4. The van der Waals surface area contributed by atoms with Gasteiger partial charge in [0.2, 0.25) is 0 Å². The molecule has 0 spiro atoms. The number of carbonyl (C=O) groups is 1. The Morgan fingerprint density at radius 2 is 1.45 bits per heavy atom. The number of rotatable bonds is 6. The van der Waals surface area contributed by atoms with Crippen molar-refractivity contribution in [3.8, 4) is 0 Å². The first-order valence-electron chi connectivity index (χ1n) is 8.64. The van der Waals surface area contributed by atoms with Crippen molar-refractivity contribution >= 4 is 38.9 Å². The SMILES string of the molecule is C/C(=N/NS(=O)(=O)c1ccccc1)c1ccc(NC(=O)c2ccc(Cl)cc2)cc1. The highest BCUT2D eigenvalue weighted by atomic mass is 35.5. The summed E-state index contributed by atoms with van der Waals surface area (Å²) in [5, 5.41) is 7.31. The largest absolute Gasteiger partial charge is 0.322 e. The maximum Gasteiger partial charge on any atom is 0.276 e. The summed E-state index contributed by atoms with van der Waals surface area (Å²) in [6, 6.07) is 21.5. The topological polar surface area (TPSA) is 87.6 Å². The number of anilines is 1. The van der Waals surface area contributed by atoms with E-state index in [1.54, 1.807) is 73.7 Å². The molecular formula is C21H18ClN3O3S. The molecule has 0 atom stereocenters. The van der Waals surface area contributed by atoms with Gasteiger partial charge in [0.1, 0.15) is 0 Å². The van der Waals surface area contributed by atoms with Crippen molar-refractivity contribution in [2.45, 2.75) is 11.8 Å². The van der Waals surface area contributed by atoms with E-state index in [1.807, 2.05) is 0 Å². The Morgan fingerprint density at radius 1 is 0.862 bits per heavy atom. The standard InChI is InChI=1S/C21H18ClN3O3S/c1-15(24-25-29(27,28)20-5-3-2-4-6-20)16-9-13-19(14-10-16)23-21(26)17-7-11-18(22)12-8-17/h2-14,25H,1H3,(H,23,26)/b24-15-. The summed E-state index contributed by atoms with van der Waals surface area (Å²) in [4.78, 5) is 14.6. The summed E-state index contributed by atoms with van der Waals surface area (Å²) in [6.07, 6.45) is 0. The number of halogens is 1. The molecule has 0 aliphatic carbocycles. The maximum absolute atomic E-state index is 12.2. The number of hydrogen-bond donors (Lipinski definition) is 2. The van der Waals surface area contributed by atoms with Gasteiger partial charge in [-0.2, -0.15) is 18.4 Å². The second-order valence-corrected chi connectivity index (χ2v) is 8.24. The number of amides is 1. The Hall–Kier alpha value is -3.16. The Balaban J connectivity index is 1.67. The van der Waals surface area contributed by atoms with E-state index < -0.39 is 10.0 Å². The third-order valence-corrected chi connectivity index (χ3v) is 5.53. The lowest BCUT2D eigenvalue weighted by molar-refractivity contribution is 0.102. The van der Waals surface area contributed by atoms with Crippen LogP contribution in [0.15, 0.2) is 88.9 Å². The first-order chi connectivity index (χ1) is 13.8. The molecule has 0 saturated heterocycles. The normalized spacial score (nSPS) is 11.7. The molecule has 6 nitrogen and oxygen atoms in total. The third kappa shape index (κ3) is 5.43. The first kappa shape index (κ1) is 20.6. The van der Waals surface area contributed by atoms with E-state index in [0.717, 1.165) is 0 Å². The fraction of sp³-hybridized carbons (Fsp3) is 0.0476. The third-order valence-electron chi connectivity index (χ3n) is 4.05. The lowest BCUT2D eigenvalue weighted by Gasteiger charge is -2.08. The lowest BCUT2D eigenvalue weighted by Crippen LogP contribution is -2.19. The average Bonchev–Trinajstić information content (AvgIpc) is 2.73. The lowest BCUT2D eigenvalue weighted by atomic mass is 10.1. The van der Waals surface area contributed by atoms with Crippen LogP contribution in [0, 0.1) is 0 Å². The second kappa shape index (κ2) is 8.89. The minimum atomic E-state index is -3.73. The van der Waals surface area contributed by atoms with Crippen LogP contribution in [0.4, 0.5) is 5.69 Å². The van der Waals surface area contributed by atoms with Crippen molar-refractivity contribution in [1.29, 1.82) is 0 Å². The van der Waals surface area contributed by atoms with Crippen LogP contribution < -0.4 is 10.1 Å². The number of carbonyl (C=O) groups excluding carboxylic acids is 1. The van der Waals surface area contributed by atoms with E-state index >= 15 is 0 Å². The predicted molar refractivity (Wildman–Crippen MR) is 115 cm³/mol. The molecule has 0 aromatic heterocycles. The molecule has 0 bridgehead atoms. The molecule has 0 saturated carbocycles. The van der Waals surface area contributed by atoms with Crippen LogP contribution in [-0.2, 0) is 10.0 Å². The highest BCUT2D eigenvalue weighted by molar-refractivity contribution is 7.89. The minimum Gasteiger partial charge on any atom is -0.322 e. The molecular weight excluding hydrogens is 410 g/mol.